The Labute approximate surface area is 126 Å². The van der Waals surface area contributed by atoms with Crippen LogP contribution in [-0.2, 0) is 4.79 Å². The van der Waals surface area contributed by atoms with Crippen LogP contribution in [0, 0.1) is 0 Å². The van der Waals surface area contributed by atoms with Crippen LogP contribution in [0.1, 0.15) is 45.2 Å². The Kier molecular flexibility index (Phi) is 6.49. The van der Waals surface area contributed by atoms with Crippen LogP contribution < -0.4 is 4.74 Å². The van der Waals surface area contributed by atoms with Crippen molar-refractivity contribution in [1.29, 1.82) is 0 Å². The Morgan fingerprint density at radius 1 is 1.33 bits per heavy atom. The number of ether oxygens (including phenoxy) is 1. The van der Waals surface area contributed by atoms with Crippen LogP contribution in [0.25, 0.3) is 0 Å². The Morgan fingerprint density at radius 2 is 2.00 bits per heavy atom. The number of carboxylic acid groups (broad SMARTS) is 1. The van der Waals surface area contributed by atoms with Crippen LogP contribution in [-0.4, -0.2) is 40.8 Å². The highest BCUT2D eigenvalue weighted by Gasteiger charge is 2.21. The first-order valence-electron chi connectivity index (χ1n) is 7.21. The van der Waals surface area contributed by atoms with Crippen molar-refractivity contribution in [2.24, 2.45) is 0 Å². The third-order valence-corrected chi connectivity index (χ3v) is 3.65. The zero-order valence-electron chi connectivity index (χ0n) is 13.2. The van der Waals surface area contributed by atoms with Gasteiger partial charge in [0.25, 0.3) is 0 Å². The lowest BCUT2D eigenvalue weighted by Crippen LogP contribution is -2.34. The van der Waals surface area contributed by atoms with Crippen LogP contribution in [0.3, 0.4) is 0 Å². The van der Waals surface area contributed by atoms with Gasteiger partial charge < -0.3 is 14.9 Å². The average molecular weight is 295 g/mol. The molecule has 0 aromatic heterocycles. The summed E-state index contributed by atoms with van der Waals surface area (Å²) in [6.45, 7) is 6.81. The van der Waals surface area contributed by atoms with Crippen LogP contribution in [0.5, 0.6) is 11.5 Å². The Balaban J connectivity index is 2.89. The molecule has 1 aromatic rings. The summed E-state index contributed by atoms with van der Waals surface area (Å²) in [5.74, 6) is 0.145. The second-order valence-electron chi connectivity index (χ2n) is 5.43. The van der Waals surface area contributed by atoms with Crippen LogP contribution >= 0.6 is 0 Å². The molecule has 1 unspecified atom stereocenters. The fourth-order valence-corrected chi connectivity index (χ4v) is 2.48. The van der Waals surface area contributed by atoms with Gasteiger partial charge in [0.15, 0.2) is 0 Å². The summed E-state index contributed by atoms with van der Waals surface area (Å²) in [6, 6.07) is 5.40. The van der Waals surface area contributed by atoms with Crippen molar-refractivity contribution in [3.63, 3.8) is 0 Å². The molecule has 0 fully saturated rings. The van der Waals surface area contributed by atoms with E-state index in [0.717, 1.165) is 5.56 Å². The molecule has 0 amide bonds. The molecular weight excluding hydrogens is 270 g/mol. The topological polar surface area (TPSA) is 70.0 Å². The molecule has 0 saturated heterocycles. The first-order chi connectivity index (χ1) is 9.86. The molecular formula is C16H25NO4. The number of carboxylic acids is 1. The lowest BCUT2D eigenvalue weighted by molar-refractivity contribution is -0.137. The molecule has 0 heterocycles. The summed E-state index contributed by atoms with van der Waals surface area (Å²) in [4.78, 5) is 12.8. The van der Waals surface area contributed by atoms with E-state index >= 15 is 0 Å². The molecule has 0 aliphatic rings. The summed E-state index contributed by atoms with van der Waals surface area (Å²) < 4.78 is 5.21. The second-order valence-corrected chi connectivity index (χ2v) is 5.43. The number of aromatic hydroxyl groups is 1. The second kappa shape index (κ2) is 7.88. The first-order valence-corrected chi connectivity index (χ1v) is 7.21. The highest BCUT2D eigenvalue weighted by atomic mass is 16.5. The van der Waals surface area contributed by atoms with Crippen LogP contribution in [0.2, 0.25) is 0 Å². The number of rotatable bonds is 8. The molecule has 2 N–H and O–H groups in total. The lowest BCUT2D eigenvalue weighted by atomic mass is 10.0. The van der Waals surface area contributed by atoms with E-state index in [1.807, 2.05) is 13.0 Å². The van der Waals surface area contributed by atoms with Crippen molar-refractivity contribution < 1.29 is 19.7 Å². The molecule has 118 valence electrons. The third-order valence-electron chi connectivity index (χ3n) is 3.65. The number of aliphatic carboxylic acids is 1. The molecule has 1 rings (SSSR count). The number of methoxy groups -OCH3 is 1. The van der Waals surface area contributed by atoms with Crippen LogP contribution in [0.15, 0.2) is 18.2 Å². The monoisotopic (exact) mass is 295 g/mol. The largest absolute Gasteiger partial charge is 0.508 e. The molecule has 0 aliphatic carbocycles. The van der Waals surface area contributed by atoms with Gasteiger partial charge in [-0.05, 0) is 51.9 Å². The Bertz CT molecular complexity index is 473. The van der Waals surface area contributed by atoms with Gasteiger partial charge in [0, 0.05) is 24.1 Å². The number of phenolic OH excluding ortho intramolecular Hbond substituents is 1. The van der Waals surface area contributed by atoms with Crippen molar-refractivity contribution in [2.45, 2.75) is 45.7 Å². The van der Waals surface area contributed by atoms with Crippen molar-refractivity contribution in [3.8, 4) is 11.5 Å². The van der Waals surface area contributed by atoms with Gasteiger partial charge >= 0.3 is 5.97 Å². The van der Waals surface area contributed by atoms with E-state index in [4.69, 9.17) is 9.84 Å². The highest BCUT2D eigenvalue weighted by Crippen LogP contribution is 2.32. The molecule has 1 aromatic carbocycles. The minimum atomic E-state index is -0.782. The van der Waals surface area contributed by atoms with E-state index < -0.39 is 5.97 Å². The average Bonchev–Trinajstić information content (AvgIpc) is 2.42. The quantitative estimate of drug-likeness (QED) is 0.771. The maximum Gasteiger partial charge on any atom is 0.303 e. The van der Waals surface area contributed by atoms with E-state index in [-0.39, 0.29) is 24.3 Å². The fourth-order valence-electron chi connectivity index (χ4n) is 2.48. The zero-order chi connectivity index (χ0) is 16.0. The fraction of sp³-hybridized carbons (Fsp3) is 0.562. The van der Waals surface area contributed by atoms with E-state index in [9.17, 15) is 9.90 Å². The molecule has 0 saturated carbocycles. The van der Waals surface area contributed by atoms with E-state index in [1.165, 1.54) is 0 Å². The highest BCUT2D eigenvalue weighted by molar-refractivity contribution is 5.66. The maximum absolute atomic E-state index is 10.7. The Morgan fingerprint density at radius 3 is 2.52 bits per heavy atom. The van der Waals surface area contributed by atoms with Gasteiger partial charge in [0.1, 0.15) is 11.5 Å². The molecule has 0 spiro atoms. The number of nitrogens with zero attached hydrogens (tertiary/aromatic N) is 1. The van der Waals surface area contributed by atoms with Gasteiger partial charge in [-0.2, -0.15) is 0 Å². The van der Waals surface area contributed by atoms with Crippen molar-refractivity contribution in [3.05, 3.63) is 23.8 Å². The summed E-state index contributed by atoms with van der Waals surface area (Å²) in [5.41, 5.74) is 0.790. The van der Waals surface area contributed by atoms with Gasteiger partial charge in [-0.3, -0.25) is 9.69 Å². The molecule has 0 aliphatic heterocycles. The molecule has 0 bridgehead atoms. The van der Waals surface area contributed by atoms with E-state index in [2.05, 4.69) is 18.7 Å². The molecule has 5 heteroatoms. The standard InChI is InChI=1S/C16H25NO4/c1-11(2)17(9-5-6-16(19)20)12(3)14-10-13(21-4)7-8-15(14)18/h7-8,10-12,18H,5-6,9H2,1-4H3,(H,19,20). The summed E-state index contributed by atoms with van der Waals surface area (Å²) in [5, 5.41) is 18.8. The van der Waals surface area contributed by atoms with Crippen molar-refractivity contribution >= 4 is 5.97 Å². The third kappa shape index (κ3) is 4.93. The first kappa shape index (κ1) is 17.3. The number of phenols is 1. The molecule has 0 radical (unpaired) electrons. The Hall–Kier alpha value is -1.75. The number of benzene rings is 1. The summed E-state index contributed by atoms with van der Waals surface area (Å²) in [7, 11) is 1.59. The molecule has 21 heavy (non-hydrogen) atoms. The predicted molar refractivity (Wildman–Crippen MR) is 81.8 cm³/mol. The van der Waals surface area contributed by atoms with Crippen LogP contribution in [0.4, 0.5) is 0 Å². The van der Waals surface area contributed by atoms with Crippen molar-refractivity contribution in [1.82, 2.24) is 4.90 Å². The molecule has 5 nitrogen and oxygen atoms in total. The van der Waals surface area contributed by atoms with Gasteiger partial charge in [0.05, 0.1) is 7.11 Å². The summed E-state index contributed by atoms with van der Waals surface area (Å²) >= 11 is 0. The SMILES string of the molecule is COc1ccc(O)c(C(C)N(CCCC(=O)O)C(C)C)c1. The number of hydrogen-bond donors (Lipinski definition) is 2. The lowest BCUT2D eigenvalue weighted by Gasteiger charge is -2.33. The van der Waals surface area contributed by atoms with Crippen molar-refractivity contribution in [2.75, 3.05) is 13.7 Å². The van der Waals surface area contributed by atoms with Gasteiger partial charge in [0.2, 0.25) is 0 Å². The minimum Gasteiger partial charge on any atom is -0.508 e. The van der Waals surface area contributed by atoms with E-state index in [0.29, 0.717) is 18.7 Å². The normalized spacial score (nSPS) is 12.7. The number of hydrogen-bond acceptors (Lipinski definition) is 4. The maximum atomic E-state index is 10.7. The van der Waals surface area contributed by atoms with E-state index in [1.54, 1.807) is 19.2 Å². The minimum absolute atomic E-state index is 0.0195. The van der Waals surface area contributed by atoms with Gasteiger partial charge in [-0.1, -0.05) is 0 Å². The molecule has 1 atom stereocenters. The smallest absolute Gasteiger partial charge is 0.303 e. The van der Waals surface area contributed by atoms with Gasteiger partial charge in [-0.25, -0.2) is 0 Å². The van der Waals surface area contributed by atoms with Gasteiger partial charge in [-0.15, -0.1) is 0 Å². The summed E-state index contributed by atoms with van der Waals surface area (Å²) in [6.07, 6.45) is 0.739. The zero-order valence-corrected chi connectivity index (χ0v) is 13.2. The predicted octanol–water partition coefficient (Wildman–Crippen LogP) is 3.04. The number of carbonyl (C=O) groups is 1.